The van der Waals surface area contributed by atoms with E-state index in [4.69, 9.17) is 0 Å². The van der Waals surface area contributed by atoms with Crippen molar-refractivity contribution in [2.45, 2.75) is 52.0 Å². The zero-order valence-corrected chi connectivity index (χ0v) is 14.7. The topological polar surface area (TPSA) is 34.0 Å². The fourth-order valence-electron chi connectivity index (χ4n) is 3.84. The molecule has 1 aromatic heterocycles. The Morgan fingerprint density at radius 1 is 1.29 bits per heavy atom. The van der Waals surface area contributed by atoms with Gasteiger partial charge >= 0.3 is 0 Å². The summed E-state index contributed by atoms with van der Waals surface area (Å²) in [5.41, 5.74) is 2.13. The van der Waals surface area contributed by atoms with E-state index in [0.29, 0.717) is 23.4 Å². The SMILES string of the molecule is Bc1cc(F)c2c(C(=O)NCC3CCCCCC3)cn(CC)c2c1. The number of nitrogens with zero attached hydrogens (tertiary/aromatic N) is 1. The molecule has 5 heteroatoms. The Labute approximate surface area is 144 Å². The van der Waals surface area contributed by atoms with Crippen molar-refractivity contribution in [1.29, 1.82) is 0 Å². The maximum absolute atomic E-state index is 14.5. The normalized spacial score (nSPS) is 16.2. The van der Waals surface area contributed by atoms with Crippen molar-refractivity contribution < 1.29 is 9.18 Å². The van der Waals surface area contributed by atoms with Crippen molar-refractivity contribution in [3.8, 4) is 0 Å². The van der Waals surface area contributed by atoms with Crippen LogP contribution in [-0.4, -0.2) is 24.9 Å². The molecule has 1 saturated carbocycles. The average molecular weight is 328 g/mol. The summed E-state index contributed by atoms with van der Waals surface area (Å²) >= 11 is 0. The molecule has 1 aliphatic carbocycles. The quantitative estimate of drug-likeness (QED) is 0.680. The number of halogens is 1. The van der Waals surface area contributed by atoms with Gasteiger partial charge in [-0.05, 0) is 37.8 Å². The third kappa shape index (κ3) is 3.50. The highest BCUT2D eigenvalue weighted by Gasteiger charge is 2.20. The molecule has 128 valence electrons. The van der Waals surface area contributed by atoms with Crippen LogP contribution in [0.1, 0.15) is 55.8 Å². The van der Waals surface area contributed by atoms with Crippen LogP contribution >= 0.6 is 0 Å². The number of nitrogens with one attached hydrogen (secondary N) is 1. The summed E-state index contributed by atoms with van der Waals surface area (Å²) < 4.78 is 16.4. The molecule has 0 bridgehead atoms. The summed E-state index contributed by atoms with van der Waals surface area (Å²) in [6.07, 6.45) is 9.27. The van der Waals surface area contributed by atoms with Crippen LogP contribution in [0.5, 0.6) is 0 Å². The lowest BCUT2D eigenvalue weighted by Crippen LogP contribution is -2.29. The summed E-state index contributed by atoms with van der Waals surface area (Å²) in [7, 11) is 1.88. The molecular weight excluding hydrogens is 302 g/mol. The van der Waals surface area contributed by atoms with Crippen molar-refractivity contribution in [2.75, 3.05) is 6.54 Å². The van der Waals surface area contributed by atoms with Crippen LogP contribution in [0.15, 0.2) is 18.3 Å². The first kappa shape index (κ1) is 17.1. The van der Waals surface area contributed by atoms with Gasteiger partial charge in [0.05, 0.1) is 11.1 Å². The highest BCUT2D eigenvalue weighted by Crippen LogP contribution is 2.25. The van der Waals surface area contributed by atoms with Gasteiger partial charge < -0.3 is 9.88 Å². The molecule has 1 fully saturated rings. The third-order valence-electron chi connectivity index (χ3n) is 5.19. The van der Waals surface area contributed by atoms with E-state index in [-0.39, 0.29) is 11.7 Å². The van der Waals surface area contributed by atoms with Gasteiger partial charge in [-0.1, -0.05) is 31.1 Å². The van der Waals surface area contributed by atoms with Crippen molar-refractivity contribution >= 4 is 30.1 Å². The number of carbonyl (C=O) groups excluding carboxylic acids is 1. The number of rotatable bonds is 4. The number of benzene rings is 1. The van der Waals surface area contributed by atoms with Crippen molar-refractivity contribution in [1.82, 2.24) is 9.88 Å². The molecule has 0 radical (unpaired) electrons. The van der Waals surface area contributed by atoms with E-state index in [2.05, 4.69) is 5.32 Å². The summed E-state index contributed by atoms with van der Waals surface area (Å²) in [5.74, 6) is 0.0964. The number of hydrogen-bond donors (Lipinski definition) is 1. The molecule has 1 heterocycles. The van der Waals surface area contributed by atoms with Gasteiger partial charge in [-0.25, -0.2) is 4.39 Å². The Morgan fingerprint density at radius 2 is 2.00 bits per heavy atom. The molecule has 0 atom stereocenters. The molecule has 3 nitrogen and oxygen atoms in total. The van der Waals surface area contributed by atoms with E-state index in [1.54, 1.807) is 6.20 Å². The van der Waals surface area contributed by atoms with E-state index in [1.165, 1.54) is 44.6 Å². The van der Waals surface area contributed by atoms with Crippen molar-refractivity contribution in [2.24, 2.45) is 5.92 Å². The van der Waals surface area contributed by atoms with E-state index in [0.717, 1.165) is 17.5 Å². The lowest BCUT2D eigenvalue weighted by molar-refractivity contribution is 0.0947. The van der Waals surface area contributed by atoms with Crippen LogP contribution in [-0.2, 0) is 6.54 Å². The number of carbonyl (C=O) groups is 1. The Morgan fingerprint density at radius 3 is 2.67 bits per heavy atom. The molecule has 0 aliphatic heterocycles. The maximum Gasteiger partial charge on any atom is 0.253 e. The molecule has 1 aromatic carbocycles. The lowest BCUT2D eigenvalue weighted by Gasteiger charge is -2.14. The van der Waals surface area contributed by atoms with Crippen LogP contribution in [0.25, 0.3) is 10.9 Å². The van der Waals surface area contributed by atoms with Crippen molar-refractivity contribution in [3.05, 3.63) is 29.7 Å². The number of aromatic nitrogens is 1. The predicted octanol–water partition coefficient (Wildman–Crippen LogP) is 2.76. The number of aryl methyl sites for hydroxylation is 1. The maximum atomic E-state index is 14.5. The zero-order chi connectivity index (χ0) is 17.1. The van der Waals surface area contributed by atoms with Gasteiger partial charge in [0.15, 0.2) is 0 Å². The zero-order valence-electron chi connectivity index (χ0n) is 14.7. The monoisotopic (exact) mass is 328 g/mol. The molecule has 24 heavy (non-hydrogen) atoms. The van der Waals surface area contributed by atoms with Crippen molar-refractivity contribution in [3.63, 3.8) is 0 Å². The van der Waals surface area contributed by atoms with E-state index >= 15 is 0 Å². The Kier molecular flexibility index (Phi) is 5.27. The Bertz CT molecular complexity index is 733. The van der Waals surface area contributed by atoms with E-state index < -0.39 is 0 Å². The predicted molar refractivity (Wildman–Crippen MR) is 99.3 cm³/mol. The second-order valence-electron chi connectivity index (χ2n) is 7.04. The fourth-order valence-corrected chi connectivity index (χ4v) is 3.84. The van der Waals surface area contributed by atoms with Gasteiger partial charge in [0.25, 0.3) is 5.91 Å². The largest absolute Gasteiger partial charge is 0.352 e. The molecule has 1 amide bonds. The first-order chi connectivity index (χ1) is 11.6. The van der Waals surface area contributed by atoms with Gasteiger partial charge in [0.1, 0.15) is 13.7 Å². The van der Waals surface area contributed by atoms with Gasteiger partial charge in [-0.3, -0.25) is 4.79 Å². The summed E-state index contributed by atoms with van der Waals surface area (Å²) in [4.78, 5) is 12.7. The molecule has 0 saturated heterocycles. The highest BCUT2D eigenvalue weighted by atomic mass is 19.1. The first-order valence-electron chi connectivity index (χ1n) is 9.17. The minimum absolute atomic E-state index is 0.154. The smallest absolute Gasteiger partial charge is 0.253 e. The van der Waals surface area contributed by atoms with Crippen LogP contribution in [0.2, 0.25) is 0 Å². The molecule has 1 N–H and O–H groups in total. The fraction of sp³-hybridized carbons (Fsp3) is 0.526. The number of fused-ring (bicyclic) bond motifs is 1. The second kappa shape index (κ2) is 7.41. The number of hydrogen-bond acceptors (Lipinski definition) is 1. The summed E-state index contributed by atoms with van der Waals surface area (Å²) in [6, 6.07) is 3.45. The second-order valence-corrected chi connectivity index (χ2v) is 7.04. The third-order valence-corrected chi connectivity index (χ3v) is 5.19. The van der Waals surface area contributed by atoms with Crippen LogP contribution in [0, 0.1) is 11.7 Å². The highest BCUT2D eigenvalue weighted by molar-refractivity contribution is 6.33. The van der Waals surface area contributed by atoms with E-state index in [9.17, 15) is 9.18 Å². The molecule has 0 unspecified atom stereocenters. The molecule has 3 rings (SSSR count). The molecule has 2 aromatic rings. The minimum atomic E-state index is -0.309. The lowest BCUT2D eigenvalue weighted by atomic mass is 9.94. The van der Waals surface area contributed by atoms with Crippen LogP contribution in [0.3, 0.4) is 0 Å². The first-order valence-corrected chi connectivity index (χ1v) is 9.17. The van der Waals surface area contributed by atoms with Gasteiger partial charge in [-0.2, -0.15) is 0 Å². The van der Waals surface area contributed by atoms with E-state index in [1.807, 2.05) is 25.4 Å². The summed E-state index contributed by atoms with van der Waals surface area (Å²) in [6.45, 7) is 3.42. The number of amides is 1. The molecular formula is C19H26BFN2O. The van der Waals surface area contributed by atoms with Gasteiger partial charge in [0, 0.05) is 24.7 Å². The minimum Gasteiger partial charge on any atom is -0.352 e. The van der Waals surface area contributed by atoms with Gasteiger partial charge in [0.2, 0.25) is 0 Å². The molecule has 0 spiro atoms. The van der Waals surface area contributed by atoms with Crippen LogP contribution in [0.4, 0.5) is 4.39 Å². The molecule has 1 aliphatic rings. The summed E-state index contributed by atoms with van der Waals surface area (Å²) in [5, 5.41) is 3.49. The van der Waals surface area contributed by atoms with Crippen LogP contribution < -0.4 is 10.8 Å². The average Bonchev–Trinajstić information content (AvgIpc) is 2.74. The Balaban J connectivity index is 1.81. The standard InChI is InChI=1S/C19H26BFN2O/c1-2-23-12-15(18-16(21)9-14(20)10-17(18)23)19(24)22-11-13-7-5-3-4-6-8-13/h9-10,12-13H,2-8,11,20H2,1H3,(H,22,24). The van der Waals surface area contributed by atoms with Gasteiger partial charge in [-0.15, -0.1) is 0 Å². The Hall–Kier alpha value is -1.78.